The number of fused-ring (bicyclic) bond motifs is 1. The summed E-state index contributed by atoms with van der Waals surface area (Å²) < 4.78 is 2.44. The van der Waals surface area contributed by atoms with Crippen molar-refractivity contribution in [3.8, 4) is 0 Å². The lowest BCUT2D eigenvalue weighted by Gasteiger charge is -2.26. The van der Waals surface area contributed by atoms with Crippen molar-refractivity contribution in [1.82, 2.24) is 4.57 Å². The van der Waals surface area contributed by atoms with Gasteiger partial charge in [-0.1, -0.05) is 15.9 Å². The first-order valence-corrected chi connectivity index (χ1v) is 8.73. The van der Waals surface area contributed by atoms with Crippen molar-refractivity contribution in [2.45, 2.75) is 54.8 Å². The summed E-state index contributed by atoms with van der Waals surface area (Å²) in [4.78, 5) is 0. The summed E-state index contributed by atoms with van der Waals surface area (Å²) in [6.07, 6.45) is 8.11. The van der Waals surface area contributed by atoms with Gasteiger partial charge >= 0.3 is 0 Å². The van der Waals surface area contributed by atoms with E-state index in [-0.39, 0.29) is 0 Å². The Morgan fingerprint density at radius 1 is 0.895 bits per heavy atom. The Morgan fingerprint density at radius 3 is 2.16 bits per heavy atom. The average Bonchev–Trinajstić information content (AvgIpc) is 3.06. The lowest BCUT2D eigenvalue weighted by atomic mass is 9.78. The first kappa shape index (κ1) is 10.0. The molecule has 1 nitrogen and oxygen atoms in total. The molecule has 1 heterocycles. The summed E-state index contributed by atoms with van der Waals surface area (Å²) >= 11 is 3.67. The van der Waals surface area contributed by atoms with Crippen LogP contribution in [0.1, 0.15) is 71.6 Å². The zero-order valence-corrected chi connectivity index (χ0v) is 12.4. The highest BCUT2D eigenvalue weighted by Crippen LogP contribution is 2.68. The molecule has 1 aromatic heterocycles. The lowest BCUT2D eigenvalue weighted by Crippen LogP contribution is -2.10. The fourth-order valence-electron chi connectivity index (χ4n) is 5.56. The van der Waals surface area contributed by atoms with Crippen LogP contribution in [-0.2, 0) is 5.45 Å². The van der Waals surface area contributed by atoms with Crippen LogP contribution in [0.25, 0.3) is 10.9 Å². The first-order chi connectivity index (χ1) is 9.36. The first-order valence-electron chi connectivity index (χ1n) is 7.61. The maximum atomic E-state index is 3.67. The molecule has 19 heavy (non-hydrogen) atoms. The molecule has 96 valence electrons. The van der Waals surface area contributed by atoms with Crippen LogP contribution in [-0.4, -0.2) is 4.57 Å². The van der Waals surface area contributed by atoms with Gasteiger partial charge in [0.15, 0.2) is 0 Å². The second-order valence-corrected chi connectivity index (χ2v) is 7.55. The predicted molar refractivity (Wildman–Crippen MR) is 80.3 cm³/mol. The molecule has 0 saturated heterocycles. The Labute approximate surface area is 121 Å². The summed E-state index contributed by atoms with van der Waals surface area (Å²) in [6.45, 7) is 0. The second kappa shape index (κ2) is 2.95. The van der Waals surface area contributed by atoms with Crippen LogP contribution < -0.4 is 0 Å². The highest BCUT2D eigenvalue weighted by molar-refractivity contribution is 9.08. The third kappa shape index (κ3) is 0.913. The van der Waals surface area contributed by atoms with Gasteiger partial charge in [-0.3, -0.25) is 0 Å². The minimum Gasteiger partial charge on any atom is -0.337 e. The van der Waals surface area contributed by atoms with E-state index in [1.54, 1.807) is 22.0 Å². The maximum Gasteiger partial charge on any atom is 0.0779 e. The van der Waals surface area contributed by atoms with E-state index in [4.69, 9.17) is 0 Å². The molecule has 0 spiro atoms. The van der Waals surface area contributed by atoms with Gasteiger partial charge < -0.3 is 4.57 Å². The number of hydrogen-bond acceptors (Lipinski definition) is 0. The molecule has 0 aliphatic heterocycles. The zero-order chi connectivity index (χ0) is 12.3. The van der Waals surface area contributed by atoms with Crippen molar-refractivity contribution in [2.75, 3.05) is 0 Å². The summed E-state index contributed by atoms with van der Waals surface area (Å²) in [5, 5.41) is 1.60. The molecule has 0 unspecified atom stereocenters. The summed E-state index contributed by atoms with van der Waals surface area (Å²) in [5.41, 5.74) is 9.72. The van der Waals surface area contributed by atoms with Crippen LogP contribution >= 0.6 is 15.9 Å². The van der Waals surface area contributed by atoms with E-state index in [2.05, 4.69) is 32.8 Å². The van der Waals surface area contributed by atoms with Gasteiger partial charge in [-0.25, -0.2) is 0 Å². The molecule has 2 heteroatoms. The highest BCUT2D eigenvalue weighted by Gasteiger charge is 2.52. The van der Waals surface area contributed by atoms with E-state index >= 15 is 0 Å². The number of benzene rings is 1. The Hall–Kier alpha value is -0.760. The summed E-state index contributed by atoms with van der Waals surface area (Å²) in [7, 11) is 0. The van der Waals surface area contributed by atoms with Crippen LogP contribution in [0.15, 0.2) is 12.3 Å². The molecule has 2 aromatic rings. The minimum atomic E-state index is 0.887. The summed E-state index contributed by atoms with van der Waals surface area (Å²) in [6, 6.07) is 2.39. The van der Waals surface area contributed by atoms with E-state index in [0.717, 1.165) is 29.1 Å². The van der Waals surface area contributed by atoms with Crippen molar-refractivity contribution < 1.29 is 0 Å². The molecule has 4 bridgehead atoms. The molecular formula is C17H16BrN. The van der Waals surface area contributed by atoms with E-state index in [0.29, 0.717) is 0 Å². The molecule has 0 amide bonds. The monoisotopic (exact) mass is 313 g/mol. The Morgan fingerprint density at radius 2 is 1.47 bits per heavy atom. The van der Waals surface area contributed by atoms with Crippen LogP contribution in [0, 0.1) is 0 Å². The quantitative estimate of drug-likeness (QED) is 0.657. The second-order valence-electron chi connectivity index (χ2n) is 7.05. The third-order valence-electron chi connectivity index (χ3n) is 6.42. The molecule has 0 atom stereocenters. The van der Waals surface area contributed by atoms with Crippen molar-refractivity contribution >= 4 is 26.8 Å². The van der Waals surface area contributed by atoms with Crippen molar-refractivity contribution in [1.29, 1.82) is 0 Å². The molecule has 0 radical (unpaired) electrons. The standard InChI is InChI=1S/C17H16BrN/c18-7-19-2-1-12-13-8-3-9(4-8)14(13)15-10-5-11(6-10)16(15)17(12)19/h1-2,8-11H,3-7H2. The van der Waals surface area contributed by atoms with E-state index in [1.165, 1.54) is 25.7 Å². The lowest BCUT2D eigenvalue weighted by molar-refractivity contribution is 0.391. The van der Waals surface area contributed by atoms with Gasteiger partial charge in [0, 0.05) is 11.6 Å². The molecule has 2 saturated carbocycles. The zero-order valence-electron chi connectivity index (χ0n) is 10.8. The normalized spacial score (nSPS) is 36.1. The third-order valence-corrected chi connectivity index (χ3v) is 6.96. The number of nitrogens with zero attached hydrogens (tertiary/aromatic N) is 1. The van der Waals surface area contributed by atoms with Gasteiger partial charge in [-0.2, -0.15) is 0 Å². The average molecular weight is 314 g/mol. The van der Waals surface area contributed by atoms with E-state index in [9.17, 15) is 0 Å². The van der Waals surface area contributed by atoms with Crippen molar-refractivity contribution in [3.05, 3.63) is 34.5 Å². The fraction of sp³-hybridized carbons (Fsp3) is 0.529. The van der Waals surface area contributed by atoms with Crippen LogP contribution in [0.2, 0.25) is 0 Å². The predicted octanol–water partition coefficient (Wildman–Crippen LogP) is 4.94. The van der Waals surface area contributed by atoms with Gasteiger partial charge in [0.25, 0.3) is 0 Å². The van der Waals surface area contributed by atoms with Crippen molar-refractivity contribution in [3.63, 3.8) is 0 Å². The molecule has 8 rings (SSSR count). The number of alkyl halides is 1. The van der Waals surface area contributed by atoms with Crippen LogP contribution in [0.5, 0.6) is 0 Å². The van der Waals surface area contributed by atoms with Crippen LogP contribution in [0.4, 0.5) is 0 Å². The van der Waals surface area contributed by atoms with E-state index < -0.39 is 0 Å². The minimum absolute atomic E-state index is 0.887. The molecular weight excluding hydrogens is 298 g/mol. The number of halogens is 1. The van der Waals surface area contributed by atoms with Gasteiger partial charge in [-0.05, 0) is 77.7 Å². The van der Waals surface area contributed by atoms with E-state index in [1.807, 2.05) is 11.1 Å². The number of aromatic nitrogens is 1. The SMILES string of the molecule is BrCn1ccc2c3c(c4c(c21)C1CC4C1)C1CC3C1. The van der Waals surface area contributed by atoms with Gasteiger partial charge in [-0.15, -0.1) is 0 Å². The molecule has 1 aromatic carbocycles. The molecule has 6 aliphatic rings. The Kier molecular flexibility index (Phi) is 1.56. The van der Waals surface area contributed by atoms with Gasteiger partial charge in [0.1, 0.15) is 0 Å². The van der Waals surface area contributed by atoms with Gasteiger partial charge in [0.2, 0.25) is 0 Å². The molecule has 2 fully saturated rings. The highest BCUT2D eigenvalue weighted by atomic mass is 79.9. The Balaban J connectivity index is 1.85. The summed E-state index contributed by atoms with van der Waals surface area (Å²) in [5.74, 6) is 3.65. The smallest absolute Gasteiger partial charge is 0.0779 e. The number of rotatable bonds is 1. The van der Waals surface area contributed by atoms with Crippen LogP contribution in [0.3, 0.4) is 0 Å². The van der Waals surface area contributed by atoms with Gasteiger partial charge in [0.05, 0.1) is 11.0 Å². The Bertz CT molecular complexity index is 744. The number of hydrogen-bond donors (Lipinski definition) is 0. The topological polar surface area (TPSA) is 4.93 Å². The molecule has 0 N–H and O–H groups in total. The maximum absolute atomic E-state index is 3.67. The molecule has 6 aliphatic carbocycles. The van der Waals surface area contributed by atoms with Crippen molar-refractivity contribution in [2.24, 2.45) is 0 Å². The largest absolute Gasteiger partial charge is 0.337 e. The fourth-order valence-corrected chi connectivity index (χ4v) is 5.98.